The molecule has 1 saturated heterocycles. The average Bonchev–Trinajstić information content (AvgIpc) is 2.73. The summed E-state index contributed by atoms with van der Waals surface area (Å²) in [6.45, 7) is 7.02. The topological polar surface area (TPSA) is 44.8 Å². The summed E-state index contributed by atoms with van der Waals surface area (Å²) in [6, 6.07) is 16.5. The highest BCUT2D eigenvalue weighted by Crippen LogP contribution is 2.21. The van der Waals surface area contributed by atoms with Crippen molar-refractivity contribution < 1.29 is 9.53 Å². The Kier molecular flexibility index (Phi) is 8.29. The summed E-state index contributed by atoms with van der Waals surface area (Å²) in [5, 5.41) is 2.82. The maximum absolute atomic E-state index is 11.2. The molecule has 1 heterocycles. The van der Waals surface area contributed by atoms with Crippen LogP contribution in [0.4, 0.5) is 5.69 Å². The molecule has 0 unspecified atom stereocenters. The van der Waals surface area contributed by atoms with E-state index >= 15 is 0 Å². The molecule has 0 saturated carbocycles. The van der Waals surface area contributed by atoms with Crippen LogP contribution in [0.2, 0.25) is 0 Å². The van der Waals surface area contributed by atoms with E-state index in [1.54, 1.807) is 7.11 Å². The van der Waals surface area contributed by atoms with Crippen LogP contribution in [-0.2, 0) is 17.8 Å². The van der Waals surface area contributed by atoms with Crippen molar-refractivity contribution in [1.29, 1.82) is 0 Å². The van der Waals surface area contributed by atoms with Crippen LogP contribution >= 0.6 is 0 Å². The fourth-order valence-corrected chi connectivity index (χ4v) is 4.41. The first-order valence-electron chi connectivity index (χ1n) is 10.9. The SMILES string of the molecule is COc1ccccc1CCN1CCC[C@@H](CN(C)Cc2ccc(NC(C)=O)cc2)C1. The number of hydrogen-bond donors (Lipinski definition) is 1. The van der Waals surface area contributed by atoms with Gasteiger partial charge in [-0.05, 0) is 68.1 Å². The van der Waals surface area contributed by atoms with Gasteiger partial charge in [-0.25, -0.2) is 0 Å². The van der Waals surface area contributed by atoms with Crippen molar-refractivity contribution in [2.24, 2.45) is 5.92 Å². The molecule has 5 nitrogen and oxygen atoms in total. The fourth-order valence-electron chi connectivity index (χ4n) is 4.41. The lowest BCUT2D eigenvalue weighted by molar-refractivity contribution is -0.114. The molecule has 1 aliphatic rings. The Morgan fingerprint density at radius 2 is 1.97 bits per heavy atom. The highest BCUT2D eigenvalue weighted by molar-refractivity contribution is 5.88. The molecule has 30 heavy (non-hydrogen) atoms. The number of carbonyl (C=O) groups is 1. The number of hydrogen-bond acceptors (Lipinski definition) is 4. The van der Waals surface area contributed by atoms with Gasteiger partial charge in [-0.15, -0.1) is 0 Å². The Balaban J connectivity index is 1.45. The molecule has 5 heteroatoms. The summed E-state index contributed by atoms with van der Waals surface area (Å²) in [5.41, 5.74) is 3.42. The van der Waals surface area contributed by atoms with Gasteiger partial charge in [-0.2, -0.15) is 0 Å². The first kappa shape index (κ1) is 22.3. The van der Waals surface area contributed by atoms with Gasteiger partial charge in [-0.3, -0.25) is 4.79 Å². The number of nitrogens with one attached hydrogen (secondary N) is 1. The lowest BCUT2D eigenvalue weighted by Gasteiger charge is -2.35. The van der Waals surface area contributed by atoms with Gasteiger partial charge >= 0.3 is 0 Å². The summed E-state index contributed by atoms with van der Waals surface area (Å²) >= 11 is 0. The van der Waals surface area contributed by atoms with E-state index in [4.69, 9.17) is 4.74 Å². The molecular weight excluding hydrogens is 374 g/mol. The Hall–Kier alpha value is -2.37. The lowest BCUT2D eigenvalue weighted by Crippen LogP contribution is -2.40. The second-order valence-electron chi connectivity index (χ2n) is 8.45. The fraction of sp³-hybridized carbons (Fsp3) is 0.480. The molecule has 0 spiro atoms. The number of piperidine rings is 1. The second-order valence-corrected chi connectivity index (χ2v) is 8.45. The standard InChI is InChI=1S/C25H35N3O2/c1-20(29)26-24-12-10-21(11-13-24)17-27(2)18-22-7-6-15-28(19-22)16-14-23-8-4-5-9-25(23)30-3/h4-5,8-13,22H,6-7,14-19H2,1-3H3,(H,26,29)/t22-/m0/s1. The Morgan fingerprint density at radius 1 is 1.20 bits per heavy atom. The molecule has 0 bridgehead atoms. The number of ether oxygens (including phenoxy) is 1. The number of benzene rings is 2. The molecule has 1 aliphatic heterocycles. The van der Waals surface area contributed by atoms with Crippen LogP contribution in [-0.4, -0.2) is 56.0 Å². The summed E-state index contributed by atoms with van der Waals surface area (Å²) in [5.74, 6) is 1.67. The summed E-state index contributed by atoms with van der Waals surface area (Å²) in [6.07, 6.45) is 3.61. The van der Waals surface area contributed by atoms with Crippen LogP contribution in [0.25, 0.3) is 0 Å². The third kappa shape index (κ3) is 6.85. The molecule has 2 aromatic carbocycles. The smallest absolute Gasteiger partial charge is 0.221 e. The quantitative estimate of drug-likeness (QED) is 0.679. The first-order valence-corrected chi connectivity index (χ1v) is 10.9. The molecule has 1 amide bonds. The summed E-state index contributed by atoms with van der Waals surface area (Å²) < 4.78 is 5.50. The molecule has 2 aromatic rings. The van der Waals surface area contributed by atoms with Gasteiger partial charge < -0.3 is 19.9 Å². The van der Waals surface area contributed by atoms with Crippen molar-refractivity contribution in [3.05, 3.63) is 59.7 Å². The minimum absolute atomic E-state index is 0.0348. The maximum Gasteiger partial charge on any atom is 0.221 e. The number of para-hydroxylation sites is 1. The van der Waals surface area contributed by atoms with Gasteiger partial charge in [-0.1, -0.05) is 30.3 Å². The maximum atomic E-state index is 11.2. The van der Waals surface area contributed by atoms with Crippen molar-refractivity contribution in [1.82, 2.24) is 9.80 Å². The molecule has 1 fully saturated rings. The van der Waals surface area contributed by atoms with Gasteiger partial charge in [0.05, 0.1) is 7.11 Å². The first-order chi connectivity index (χ1) is 14.5. The van der Waals surface area contributed by atoms with E-state index in [1.807, 2.05) is 24.3 Å². The van der Waals surface area contributed by atoms with Crippen molar-refractivity contribution in [3.8, 4) is 5.75 Å². The van der Waals surface area contributed by atoms with Gasteiger partial charge in [0.25, 0.3) is 0 Å². The van der Waals surface area contributed by atoms with E-state index < -0.39 is 0 Å². The average molecular weight is 410 g/mol. The molecule has 1 atom stereocenters. The van der Waals surface area contributed by atoms with E-state index in [9.17, 15) is 4.79 Å². The monoisotopic (exact) mass is 409 g/mol. The van der Waals surface area contributed by atoms with E-state index in [2.05, 4.69) is 46.4 Å². The molecule has 1 N–H and O–H groups in total. The Labute approximate surface area is 181 Å². The predicted octanol–water partition coefficient (Wildman–Crippen LogP) is 4.04. The third-order valence-electron chi connectivity index (χ3n) is 5.79. The van der Waals surface area contributed by atoms with Crippen molar-refractivity contribution >= 4 is 11.6 Å². The number of likely N-dealkylation sites (tertiary alicyclic amines) is 1. The number of methoxy groups -OCH3 is 1. The summed E-state index contributed by atoms with van der Waals surface area (Å²) in [7, 11) is 3.95. The van der Waals surface area contributed by atoms with E-state index in [-0.39, 0.29) is 5.91 Å². The van der Waals surface area contributed by atoms with Crippen LogP contribution in [0.1, 0.15) is 30.9 Å². The number of rotatable bonds is 9. The molecule has 0 aromatic heterocycles. The zero-order chi connectivity index (χ0) is 21.3. The number of nitrogens with zero attached hydrogens (tertiary/aromatic N) is 2. The molecule has 3 rings (SSSR count). The van der Waals surface area contributed by atoms with Crippen LogP contribution < -0.4 is 10.1 Å². The molecule has 0 aliphatic carbocycles. The minimum atomic E-state index is -0.0348. The number of anilines is 1. The highest BCUT2D eigenvalue weighted by Gasteiger charge is 2.21. The second kappa shape index (κ2) is 11.1. The zero-order valence-electron chi connectivity index (χ0n) is 18.6. The molecular formula is C25H35N3O2. The van der Waals surface area contributed by atoms with E-state index in [1.165, 1.54) is 44.0 Å². The number of amides is 1. The zero-order valence-corrected chi connectivity index (χ0v) is 18.6. The normalized spacial score (nSPS) is 17.1. The number of carbonyl (C=O) groups excluding carboxylic acids is 1. The Bertz CT molecular complexity index is 806. The van der Waals surface area contributed by atoms with Crippen LogP contribution in [0, 0.1) is 5.92 Å². The van der Waals surface area contributed by atoms with Gasteiger partial charge in [0.1, 0.15) is 5.75 Å². The van der Waals surface area contributed by atoms with Crippen molar-refractivity contribution in [2.75, 3.05) is 45.7 Å². The Morgan fingerprint density at radius 3 is 2.70 bits per heavy atom. The van der Waals surface area contributed by atoms with Crippen LogP contribution in [0.15, 0.2) is 48.5 Å². The predicted molar refractivity (Wildman–Crippen MR) is 123 cm³/mol. The van der Waals surface area contributed by atoms with Crippen molar-refractivity contribution in [3.63, 3.8) is 0 Å². The molecule has 162 valence electrons. The van der Waals surface area contributed by atoms with Gasteiger partial charge in [0.15, 0.2) is 0 Å². The van der Waals surface area contributed by atoms with Crippen molar-refractivity contribution in [2.45, 2.75) is 32.7 Å². The van der Waals surface area contributed by atoms with Gasteiger partial charge in [0.2, 0.25) is 5.91 Å². The molecule has 0 radical (unpaired) electrons. The summed E-state index contributed by atoms with van der Waals surface area (Å²) in [4.78, 5) is 16.2. The van der Waals surface area contributed by atoms with E-state index in [0.717, 1.165) is 37.5 Å². The minimum Gasteiger partial charge on any atom is -0.496 e. The largest absolute Gasteiger partial charge is 0.496 e. The lowest BCUT2D eigenvalue weighted by atomic mass is 9.96. The highest BCUT2D eigenvalue weighted by atomic mass is 16.5. The van der Waals surface area contributed by atoms with Gasteiger partial charge in [0, 0.05) is 38.8 Å². The van der Waals surface area contributed by atoms with E-state index in [0.29, 0.717) is 5.92 Å². The van der Waals surface area contributed by atoms with Crippen LogP contribution in [0.3, 0.4) is 0 Å². The van der Waals surface area contributed by atoms with Crippen LogP contribution in [0.5, 0.6) is 5.75 Å². The third-order valence-corrected chi connectivity index (χ3v) is 5.79.